The number of hydrogen-bond donors (Lipinski definition) is 0. The standard InChI is InChI=1S/C56H92O6/c1-4-7-10-13-16-19-22-25-26-27-28-29-32-34-37-40-43-46-49-55(58)61-52-53(62-56(59)50-47-44-41-38-35-31-24-21-18-15-12-9-6-3)51-60-54(57)48-45-42-39-36-33-30-23-20-17-14-11-8-5-2/h9-10,12-13,15-16,18-19,21-22,24-29,53H,4-8,11,14,17,20,23,30-52H2,1-3H3/b12-9-,13-10-,18-15-,19-16-,24-21-,25-22-,27-26-,29-28-. The molecule has 0 aromatic carbocycles. The van der Waals surface area contributed by atoms with Crippen LogP contribution in [0.5, 0.6) is 0 Å². The highest BCUT2D eigenvalue weighted by Crippen LogP contribution is 2.15. The van der Waals surface area contributed by atoms with Crippen molar-refractivity contribution in [3.05, 3.63) is 97.2 Å². The largest absolute Gasteiger partial charge is 0.462 e. The van der Waals surface area contributed by atoms with Crippen molar-refractivity contribution in [3.63, 3.8) is 0 Å². The molecular formula is C56H92O6. The van der Waals surface area contributed by atoms with E-state index in [0.717, 1.165) is 109 Å². The predicted molar refractivity (Wildman–Crippen MR) is 265 cm³/mol. The van der Waals surface area contributed by atoms with Crippen molar-refractivity contribution < 1.29 is 28.6 Å². The highest BCUT2D eigenvalue weighted by atomic mass is 16.6. The summed E-state index contributed by atoms with van der Waals surface area (Å²) in [4.78, 5) is 37.9. The van der Waals surface area contributed by atoms with Gasteiger partial charge in [0.25, 0.3) is 0 Å². The fourth-order valence-electron chi connectivity index (χ4n) is 6.71. The molecule has 1 unspecified atom stereocenters. The lowest BCUT2D eigenvalue weighted by Crippen LogP contribution is -2.30. The van der Waals surface area contributed by atoms with Gasteiger partial charge in [0.05, 0.1) is 0 Å². The zero-order chi connectivity index (χ0) is 45.1. The Balaban J connectivity index is 4.46. The Labute approximate surface area is 381 Å². The number of ether oxygens (including phenoxy) is 3. The van der Waals surface area contributed by atoms with Crippen molar-refractivity contribution in [3.8, 4) is 0 Å². The van der Waals surface area contributed by atoms with Crippen LogP contribution in [-0.2, 0) is 28.6 Å². The van der Waals surface area contributed by atoms with Crippen molar-refractivity contribution in [2.24, 2.45) is 0 Å². The van der Waals surface area contributed by atoms with Crippen molar-refractivity contribution >= 4 is 17.9 Å². The van der Waals surface area contributed by atoms with Crippen LogP contribution in [0.1, 0.15) is 220 Å². The topological polar surface area (TPSA) is 78.9 Å². The Morgan fingerprint density at radius 1 is 0.339 bits per heavy atom. The second kappa shape index (κ2) is 50.0. The minimum absolute atomic E-state index is 0.0941. The van der Waals surface area contributed by atoms with Gasteiger partial charge in [0.15, 0.2) is 6.10 Å². The molecule has 1 atom stereocenters. The Morgan fingerprint density at radius 2 is 0.661 bits per heavy atom. The van der Waals surface area contributed by atoms with E-state index in [9.17, 15) is 14.4 Å². The second-order valence-electron chi connectivity index (χ2n) is 16.5. The first-order valence-corrected chi connectivity index (χ1v) is 25.3. The third kappa shape index (κ3) is 47.4. The highest BCUT2D eigenvalue weighted by Gasteiger charge is 2.19. The maximum absolute atomic E-state index is 12.8. The van der Waals surface area contributed by atoms with E-state index >= 15 is 0 Å². The SMILES string of the molecule is CC\C=C/C=C\C=C/CCCCCCCC(=O)OC(COC(=O)CCCCCCC\C=C/C=C\C=C/C=C\C=C/CCC)COC(=O)CCCCCCCCCCCCCCC. The van der Waals surface area contributed by atoms with Crippen molar-refractivity contribution in [2.45, 2.75) is 226 Å². The van der Waals surface area contributed by atoms with Crippen LogP contribution in [0.25, 0.3) is 0 Å². The minimum atomic E-state index is -0.797. The molecule has 0 aliphatic carbocycles. The number of esters is 3. The van der Waals surface area contributed by atoms with Crippen LogP contribution in [-0.4, -0.2) is 37.2 Å². The van der Waals surface area contributed by atoms with Gasteiger partial charge >= 0.3 is 17.9 Å². The number of hydrogen-bond acceptors (Lipinski definition) is 6. The molecule has 0 aromatic heterocycles. The lowest BCUT2D eigenvalue weighted by molar-refractivity contribution is -0.167. The minimum Gasteiger partial charge on any atom is -0.462 e. The molecule has 0 radical (unpaired) electrons. The molecule has 352 valence electrons. The zero-order valence-electron chi connectivity index (χ0n) is 40.1. The number of carbonyl (C=O) groups is 3. The van der Waals surface area contributed by atoms with E-state index in [1.54, 1.807) is 0 Å². The Morgan fingerprint density at radius 3 is 1.05 bits per heavy atom. The molecule has 0 heterocycles. The van der Waals surface area contributed by atoms with E-state index in [4.69, 9.17) is 14.2 Å². The third-order valence-corrected chi connectivity index (χ3v) is 10.5. The van der Waals surface area contributed by atoms with E-state index in [0.29, 0.717) is 19.3 Å². The molecule has 0 saturated heterocycles. The Kier molecular flexibility index (Phi) is 47.0. The molecular weight excluding hydrogens is 769 g/mol. The number of unbranched alkanes of at least 4 members (excludes halogenated alkanes) is 23. The van der Waals surface area contributed by atoms with Crippen molar-refractivity contribution in [1.82, 2.24) is 0 Å². The first-order valence-electron chi connectivity index (χ1n) is 25.3. The average molecular weight is 861 g/mol. The molecule has 0 rings (SSSR count). The van der Waals surface area contributed by atoms with E-state index in [1.165, 1.54) is 70.6 Å². The first-order chi connectivity index (χ1) is 30.5. The van der Waals surface area contributed by atoms with E-state index in [1.807, 2.05) is 24.3 Å². The predicted octanol–water partition coefficient (Wildman–Crippen LogP) is 16.6. The lowest BCUT2D eigenvalue weighted by Gasteiger charge is -2.18. The van der Waals surface area contributed by atoms with Gasteiger partial charge in [-0.3, -0.25) is 14.4 Å². The summed E-state index contributed by atoms with van der Waals surface area (Å²) in [5.74, 6) is -0.944. The van der Waals surface area contributed by atoms with Gasteiger partial charge in [-0.25, -0.2) is 0 Å². The molecule has 0 spiro atoms. The summed E-state index contributed by atoms with van der Waals surface area (Å²) in [5.41, 5.74) is 0. The smallest absolute Gasteiger partial charge is 0.306 e. The van der Waals surface area contributed by atoms with E-state index in [2.05, 4.69) is 93.7 Å². The summed E-state index contributed by atoms with van der Waals surface area (Å²) < 4.78 is 16.7. The average Bonchev–Trinajstić information content (AvgIpc) is 3.27. The maximum atomic E-state index is 12.8. The molecule has 0 aliphatic heterocycles. The molecule has 62 heavy (non-hydrogen) atoms. The fourth-order valence-corrected chi connectivity index (χ4v) is 6.71. The summed E-state index contributed by atoms with van der Waals surface area (Å²) in [6, 6.07) is 0. The molecule has 0 bridgehead atoms. The first kappa shape index (κ1) is 58.3. The molecule has 6 heteroatoms. The summed E-state index contributed by atoms with van der Waals surface area (Å²) in [7, 11) is 0. The molecule has 0 aromatic rings. The Bertz CT molecular complexity index is 1260. The van der Waals surface area contributed by atoms with Gasteiger partial charge in [-0.05, 0) is 57.8 Å². The summed E-state index contributed by atoms with van der Waals surface area (Å²) in [6.45, 7) is 6.37. The van der Waals surface area contributed by atoms with Crippen LogP contribution in [0.3, 0.4) is 0 Å². The number of allylic oxidation sites excluding steroid dienone is 16. The van der Waals surface area contributed by atoms with Crippen molar-refractivity contribution in [2.75, 3.05) is 13.2 Å². The molecule has 6 nitrogen and oxygen atoms in total. The van der Waals surface area contributed by atoms with Crippen LogP contribution in [0, 0.1) is 0 Å². The van der Waals surface area contributed by atoms with Crippen LogP contribution in [0.4, 0.5) is 0 Å². The van der Waals surface area contributed by atoms with Gasteiger partial charge in [-0.2, -0.15) is 0 Å². The molecule has 0 saturated carbocycles. The second-order valence-corrected chi connectivity index (χ2v) is 16.5. The van der Waals surface area contributed by atoms with Gasteiger partial charge in [-0.15, -0.1) is 0 Å². The lowest BCUT2D eigenvalue weighted by atomic mass is 10.0. The monoisotopic (exact) mass is 861 g/mol. The summed E-state index contributed by atoms with van der Waals surface area (Å²) in [5, 5.41) is 0. The summed E-state index contributed by atoms with van der Waals surface area (Å²) >= 11 is 0. The zero-order valence-corrected chi connectivity index (χ0v) is 40.1. The maximum Gasteiger partial charge on any atom is 0.306 e. The van der Waals surface area contributed by atoms with Crippen LogP contribution >= 0.6 is 0 Å². The number of rotatable bonds is 44. The molecule has 0 aliphatic rings. The Hall–Kier alpha value is -3.67. The van der Waals surface area contributed by atoms with Gasteiger partial charge in [0, 0.05) is 19.3 Å². The van der Waals surface area contributed by atoms with Crippen LogP contribution in [0.15, 0.2) is 97.2 Å². The van der Waals surface area contributed by atoms with Gasteiger partial charge in [0.1, 0.15) is 13.2 Å². The number of carbonyl (C=O) groups excluding carboxylic acids is 3. The quantitative estimate of drug-likeness (QED) is 0.0263. The van der Waals surface area contributed by atoms with Gasteiger partial charge < -0.3 is 14.2 Å². The summed E-state index contributed by atoms with van der Waals surface area (Å²) in [6.07, 6.45) is 65.2. The molecule has 0 fully saturated rings. The normalized spacial score (nSPS) is 12.9. The van der Waals surface area contributed by atoms with Gasteiger partial charge in [0.2, 0.25) is 0 Å². The van der Waals surface area contributed by atoms with Crippen molar-refractivity contribution in [1.29, 1.82) is 0 Å². The van der Waals surface area contributed by atoms with Crippen LogP contribution < -0.4 is 0 Å². The molecule has 0 N–H and O–H groups in total. The van der Waals surface area contributed by atoms with Crippen LogP contribution in [0.2, 0.25) is 0 Å². The van der Waals surface area contributed by atoms with Gasteiger partial charge in [-0.1, -0.05) is 240 Å². The molecule has 0 amide bonds. The fraction of sp³-hybridized carbons (Fsp3) is 0.661. The third-order valence-electron chi connectivity index (χ3n) is 10.5. The highest BCUT2D eigenvalue weighted by molar-refractivity contribution is 5.71. The van der Waals surface area contributed by atoms with E-state index < -0.39 is 6.10 Å². The van der Waals surface area contributed by atoms with E-state index in [-0.39, 0.29) is 31.1 Å².